The lowest BCUT2D eigenvalue weighted by Gasteiger charge is -2.34. The molecule has 4 rings (SSSR count). The number of amides is 1. The number of rotatable bonds is 5. The zero-order valence-electron chi connectivity index (χ0n) is 18.0. The minimum Gasteiger partial charge on any atom is -0.341 e. The third-order valence-corrected chi connectivity index (χ3v) is 6.31. The van der Waals surface area contributed by atoms with Gasteiger partial charge in [-0.1, -0.05) is 49.2 Å². The van der Waals surface area contributed by atoms with E-state index in [0.717, 1.165) is 49.9 Å². The molecule has 1 unspecified atom stereocenters. The number of aromatic nitrogens is 1. The van der Waals surface area contributed by atoms with E-state index in [1.807, 2.05) is 13.0 Å². The minimum atomic E-state index is -0.194. The number of para-hydroxylation sites is 1. The Balaban J connectivity index is 1.64. The highest BCUT2D eigenvalue weighted by Gasteiger charge is 2.29. The molecule has 0 saturated carbocycles. The largest absolute Gasteiger partial charge is 0.341 e. The van der Waals surface area contributed by atoms with Gasteiger partial charge in [0.2, 0.25) is 5.91 Å². The predicted octanol–water partition coefficient (Wildman–Crippen LogP) is 5.45. The third-order valence-electron chi connectivity index (χ3n) is 6.31. The van der Waals surface area contributed by atoms with Crippen LogP contribution in [-0.4, -0.2) is 28.5 Å². The maximum absolute atomic E-state index is 13.7. The number of aryl methyl sites for hydroxylation is 1. The number of hydrogen-bond acceptors (Lipinski definition) is 1. The quantitative estimate of drug-likeness (QED) is 0.525. The molecule has 154 valence electrons. The van der Waals surface area contributed by atoms with E-state index in [-0.39, 0.29) is 11.9 Å². The van der Waals surface area contributed by atoms with Gasteiger partial charge in [-0.05, 0) is 67.7 Å². The highest BCUT2D eigenvalue weighted by atomic mass is 16.2. The molecule has 0 bridgehead atoms. The maximum Gasteiger partial charge on any atom is 0.245 e. The molecule has 2 heterocycles. The second-order valence-electron chi connectivity index (χ2n) is 8.38. The van der Waals surface area contributed by atoms with Crippen LogP contribution in [0.25, 0.3) is 10.9 Å². The molecular weight excluding hydrogens is 368 g/mol. The second-order valence-corrected chi connectivity index (χ2v) is 8.38. The van der Waals surface area contributed by atoms with Gasteiger partial charge in [-0.3, -0.25) is 4.79 Å². The van der Waals surface area contributed by atoms with Gasteiger partial charge in [-0.2, -0.15) is 0 Å². The van der Waals surface area contributed by atoms with Crippen molar-refractivity contribution in [1.29, 1.82) is 0 Å². The number of piperidine rings is 1. The first kappa shape index (κ1) is 20.3. The lowest BCUT2D eigenvalue weighted by atomic mass is 9.96. The molecule has 0 aliphatic carbocycles. The lowest BCUT2D eigenvalue weighted by molar-refractivity contribution is -0.136. The van der Waals surface area contributed by atoms with Crippen molar-refractivity contribution in [3.05, 3.63) is 71.9 Å². The minimum absolute atomic E-state index is 0.194. The Morgan fingerprint density at radius 3 is 2.60 bits per heavy atom. The summed E-state index contributed by atoms with van der Waals surface area (Å²) in [5, 5.41) is 1.18. The number of nitrogens with zero attached hydrogens (tertiary/aromatic N) is 2. The van der Waals surface area contributed by atoms with Gasteiger partial charge in [-0.15, -0.1) is 5.92 Å². The van der Waals surface area contributed by atoms with Crippen LogP contribution in [0.15, 0.2) is 60.8 Å². The molecule has 1 aliphatic rings. The van der Waals surface area contributed by atoms with Crippen LogP contribution in [0.4, 0.5) is 0 Å². The Labute approximate surface area is 179 Å². The zero-order valence-corrected chi connectivity index (χ0v) is 18.0. The number of fused-ring (bicyclic) bond motifs is 1. The Morgan fingerprint density at radius 1 is 1.07 bits per heavy atom. The molecule has 0 N–H and O–H groups in total. The van der Waals surface area contributed by atoms with Crippen LogP contribution in [0.2, 0.25) is 0 Å². The van der Waals surface area contributed by atoms with E-state index >= 15 is 0 Å². The van der Waals surface area contributed by atoms with E-state index < -0.39 is 0 Å². The van der Waals surface area contributed by atoms with E-state index in [1.54, 1.807) is 0 Å². The van der Waals surface area contributed by atoms with Crippen molar-refractivity contribution in [2.45, 2.75) is 45.6 Å². The van der Waals surface area contributed by atoms with Crippen LogP contribution in [0.5, 0.6) is 0 Å². The van der Waals surface area contributed by atoms with Crippen molar-refractivity contribution in [1.82, 2.24) is 9.47 Å². The summed E-state index contributed by atoms with van der Waals surface area (Å²) >= 11 is 0. The number of carbonyl (C=O) groups excluding carboxylic acids is 1. The van der Waals surface area contributed by atoms with Crippen molar-refractivity contribution in [2.24, 2.45) is 5.92 Å². The number of carbonyl (C=O) groups is 1. The summed E-state index contributed by atoms with van der Waals surface area (Å²) in [5.74, 6) is 7.18. The van der Waals surface area contributed by atoms with E-state index in [4.69, 9.17) is 0 Å². The average Bonchev–Trinajstić information content (AvgIpc) is 3.20. The van der Waals surface area contributed by atoms with Crippen LogP contribution in [0.1, 0.15) is 50.3 Å². The van der Waals surface area contributed by atoms with E-state index in [9.17, 15) is 4.79 Å². The first-order valence-corrected chi connectivity index (χ1v) is 11.0. The van der Waals surface area contributed by atoms with E-state index in [0.29, 0.717) is 5.92 Å². The zero-order chi connectivity index (χ0) is 20.9. The second kappa shape index (κ2) is 9.22. The Bertz CT molecular complexity index is 1080. The van der Waals surface area contributed by atoms with Crippen molar-refractivity contribution in [3.8, 4) is 11.8 Å². The van der Waals surface area contributed by atoms with Gasteiger partial charge in [0.25, 0.3) is 0 Å². The number of hydrogen-bond donors (Lipinski definition) is 0. The first-order valence-electron chi connectivity index (χ1n) is 11.0. The average molecular weight is 399 g/mol. The van der Waals surface area contributed by atoms with Crippen molar-refractivity contribution < 1.29 is 4.79 Å². The summed E-state index contributed by atoms with van der Waals surface area (Å²) in [5.41, 5.74) is 3.41. The number of benzene rings is 2. The van der Waals surface area contributed by atoms with Gasteiger partial charge in [0.15, 0.2) is 0 Å². The molecule has 3 aromatic rings. The summed E-state index contributed by atoms with van der Waals surface area (Å²) in [4.78, 5) is 15.7. The predicted molar refractivity (Wildman–Crippen MR) is 123 cm³/mol. The topological polar surface area (TPSA) is 25.2 Å². The first-order chi connectivity index (χ1) is 14.7. The van der Waals surface area contributed by atoms with Crippen LogP contribution in [0.3, 0.4) is 0 Å². The molecule has 3 nitrogen and oxygen atoms in total. The maximum atomic E-state index is 13.7. The summed E-state index contributed by atoms with van der Waals surface area (Å²) in [6.07, 6.45) is 5.88. The summed E-state index contributed by atoms with van der Waals surface area (Å²) in [7, 11) is 0. The van der Waals surface area contributed by atoms with Gasteiger partial charge >= 0.3 is 0 Å². The fraction of sp³-hybridized carbons (Fsp3) is 0.370. The molecule has 1 aromatic heterocycles. The summed E-state index contributed by atoms with van der Waals surface area (Å²) in [6.45, 7) is 5.89. The summed E-state index contributed by atoms with van der Waals surface area (Å²) < 4.78 is 2.18. The highest BCUT2D eigenvalue weighted by molar-refractivity contribution is 5.86. The molecule has 0 spiro atoms. The Hall–Kier alpha value is -2.99. The summed E-state index contributed by atoms with van der Waals surface area (Å²) in [6, 6.07) is 18.5. The molecule has 30 heavy (non-hydrogen) atoms. The molecule has 1 aliphatic heterocycles. The molecule has 2 aromatic carbocycles. The van der Waals surface area contributed by atoms with Gasteiger partial charge in [-0.25, -0.2) is 0 Å². The SMILES string of the molecule is CC#Cc1ccccc1CCC(C(=O)N1CCC(C)CC1)n1ccc2ccccc21. The Morgan fingerprint density at radius 2 is 1.80 bits per heavy atom. The molecule has 1 saturated heterocycles. The normalized spacial score (nSPS) is 15.6. The van der Waals surface area contributed by atoms with Crippen LogP contribution in [-0.2, 0) is 11.2 Å². The fourth-order valence-electron chi connectivity index (χ4n) is 4.48. The van der Waals surface area contributed by atoms with Crippen molar-refractivity contribution >= 4 is 16.8 Å². The van der Waals surface area contributed by atoms with Gasteiger partial charge < -0.3 is 9.47 Å². The molecule has 1 amide bonds. The fourth-order valence-corrected chi connectivity index (χ4v) is 4.48. The van der Waals surface area contributed by atoms with Crippen LogP contribution < -0.4 is 0 Å². The van der Waals surface area contributed by atoms with Gasteiger partial charge in [0.05, 0.1) is 0 Å². The van der Waals surface area contributed by atoms with E-state index in [2.05, 4.69) is 83.0 Å². The third kappa shape index (κ3) is 4.28. The molecule has 1 fully saturated rings. The molecule has 3 heteroatoms. The van der Waals surface area contributed by atoms with Crippen molar-refractivity contribution in [2.75, 3.05) is 13.1 Å². The van der Waals surface area contributed by atoms with E-state index in [1.165, 1.54) is 10.9 Å². The van der Waals surface area contributed by atoms with Crippen LogP contribution >= 0.6 is 0 Å². The van der Waals surface area contributed by atoms with Gasteiger partial charge in [0, 0.05) is 30.4 Å². The van der Waals surface area contributed by atoms with Crippen LogP contribution in [0, 0.1) is 17.8 Å². The standard InChI is InChI=1S/C27H30N2O/c1-3-8-22-9-4-5-10-23(22)13-14-26(27(30)28-18-15-21(2)16-19-28)29-20-17-24-11-6-7-12-25(24)29/h4-7,9-12,17,20-21,26H,13-16,18-19H2,1-2H3. The number of likely N-dealkylation sites (tertiary alicyclic amines) is 1. The molecule has 1 atom stereocenters. The molecule has 0 radical (unpaired) electrons. The smallest absolute Gasteiger partial charge is 0.245 e. The van der Waals surface area contributed by atoms with Gasteiger partial charge in [0.1, 0.15) is 6.04 Å². The molecular formula is C27H30N2O. The van der Waals surface area contributed by atoms with Crippen molar-refractivity contribution in [3.63, 3.8) is 0 Å². The Kier molecular flexibility index (Phi) is 6.23. The lowest BCUT2D eigenvalue weighted by Crippen LogP contribution is -2.42. The monoisotopic (exact) mass is 398 g/mol. The highest BCUT2D eigenvalue weighted by Crippen LogP contribution is 2.28.